The first-order valence-corrected chi connectivity index (χ1v) is 3.82. The molecule has 2 aromatic rings. The Morgan fingerprint density at radius 1 is 1.50 bits per heavy atom. The molecule has 0 amide bonds. The number of hydrogen-bond acceptors (Lipinski definition) is 3. The third kappa shape index (κ3) is 1.66. The first-order chi connectivity index (χ1) is 6.18. The summed E-state index contributed by atoms with van der Waals surface area (Å²) in [6.07, 6.45) is 2.90. The quantitative estimate of drug-likeness (QED) is 0.823. The SMILES string of the molecule is Cl.O=C(O)c1cc2cncc(Cl)c2o1. The molecule has 0 radical (unpaired) electrons. The molecular formula is C8H5Cl2NO3. The van der Waals surface area contributed by atoms with Gasteiger partial charge in [-0.05, 0) is 0 Å². The number of pyridine rings is 1. The molecule has 0 atom stereocenters. The number of aromatic nitrogens is 1. The Kier molecular flexibility index (Phi) is 2.98. The molecule has 0 unspecified atom stereocenters. The van der Waals surface area contributed by atoms with Gasteiger partial charge in [-0.25, -0.2) is 4.79 Å². The summed E-state index contributed by atoms with van der Waals surface area (Å²) in [5, 5.41) is 9.52. The summed E-state index contributed by atoms with van der Waals surface area (Å²) in [5.41, 5.74) is 0.356. The van der Waals surface area contributed by atoms with E-state index in [4.69, 9.17) is 21.1 Å². The van der Waals surface area contributed by atoms with Gasteiger partial charge in [-0.2, -0.15) is 0 Å². The molecule has 0 aromatic carbocycles. The lowest BCUT2D eigenvalue weighted by Crippen LogP contribution is -1.91. The summed E-state index contributed by atoms with van der Waals surface area (Å²) >= 11 is 5.73. The van der Waals surface area contributed by atoms with Crippen molar-refractivity contribution >= 4 is 40.9 Å². The Hall–Kier alpha value is -1.26. The summed E-state index contributed by atoms with van der Waals surface area (Å²) in [6, 6.07) is 1.39. The number of nitrogens with zero attached hydrogens (tertiary/aromatic N) is 1. The Morgan fingerprint density at radius 2 is 2.21 bits per heavy atom. The highest BCUT2D eigenvalue weighted by Gasteiger charge is 2.12. The summed E-state index contributed by atoms with van der Waals surface area (Å²) < 4.78 is 4.99. The maximum Gasteiger partial charge on any atom is 0.371 e. The van der Waals surface area contributed by atoms with Crippen LogP contribution in [-0.2, 0) is 0 Å². The van der Waals surface area contributed by atoms with Gasteiger partial charge in [0.2, 0.25) is 5.76 Å². The fourth-order valence-corrected chi connectivity index (χ4v) is 1.24. The van der Waals surface area contributed by atoms with Gasteiger partial charge < -0.3 is 9.52 Å². The average molecular weight is 234 g/mol. The molecule has 0 aliphatic carbocycles. The highest BCUT2D eigenvalue weighted by Crippen LogP contribution is 2.25. The second-order valence-corrected chi connectivity index (χ2v) is 2.86. The molecule has 0 spiro atoms. The molecule has 0 saturated heterocycles. The fraction of sp³-hybridized carbons (Fsp3) is 0. The number of hydrogen-bond donors (Lipinski definition) is 1. The first kappa shape index (κ1) is 10.8. The minimum Gasteiger partial charge on any atom is -0.475 e. The van der Waals surface area contributed by atoms with Crippen LogP contribution in [0.25, 0.3) is 11.0 Å². The topological polar surface area (TPSA) is 63.3 Å². The normalized spacial score (nSPS) is 9.79. The van der Waals surface area contributed by atoms with E-state index in [0.29, 0.717) is 16.0 Å². The minimum absolute atomic E-state index is 0. The predicted molar refractivity (Wildman–Crippen MR) is 53.2 cm³/mol. The van der Waals surface area contributed by atoms with Crippen molar-refractivity contribution in [2.45, 2.75) is 0 Å². The third-order valence-electron chi connectivity index (χ3n) is 1.59. The van der Waals surface area contributed by atoms with E-state index < -0.39 is 5.97 Å². The van der Waals surface area contributed by atoms with Crippen LogP contribution < -0.4 is 0 Å². The summed E-state index contributed by atoms with van der Waals surface area (Å²) in [4.78, 5) is 14.3. The van der Waals surface area contributed by atoms with Crippen LogP contribution in [-0.4, -0.2) is 16.1 Å². The van der Waals surface area contributed by atoms with Crippen LogP contribution in [0.4, 0.5) is 0 Å². The van der Waals surface area contributed by atoms with Crippen molar-refractivity contribution in [1.29, 1.82) is 0 Å². The third-order valence-corrected chi connectivity index (χ3v) is 1.86. The van der Waals surface area contributed by atoms with Crippen LogP contribution >= 0.6 is 24.0 Å². The van der Waals surface area contributed by atoms with E-state index in [-0.39, 0.29) is 18.2 Å². The summed E-state index contributed by atoms with van der Waals surface area (Å²) in [5.74, 6) is -1.25. The van der Waals surface area contributed by atoms with Crippen LogP contribution in [0.15, 0.2) is 22.9 Å². The van der Waals surface area contributed by atoms with Crippen molar-refractivity contribution < 1.29 is 14.3 Å². The van der Waals surface area contributed by atoms with Gasteiger partial charge in [-0.1, -0.05) is 11.6 Å². The van der Waals surface area contributed by atoms with E-state index in [1.807, 2.05) is 0 Å². The lowest BCUT2D eigenvalue weighted by Gasteiger charge is -1.88. The van der Waals surface area contributed by atoms with E-state index in [1.54, 1.807) is 0 Å². The van der Waals surface area contributed by atoms with Gasteiger partial charge in [0.1, 0.15) is 5.02 Å². The number of carbonyl (C=O) groups is 1. The maximum atomic E-state index is 10.5. The Balaban J connectivity index is 0.000000980. The molecule has 0 saturated carbocycles. The smallest absolute Gasteiger partial charge is 0.371 e. The largest absolute Gasteiger partial charge is 0.475 e. The van der Waals surface area contributed by atoms with Crippen LogP contribution in [0, 0.1) is 0 Å². The zero-order valence-corrected chi connectivity index (χ0v) is 8.30. The molecule has 2 rings (SSSR count). The zero-order chi connectivity index (χ0) is 9.42. The van der Waals surface area contributed by atoms with Gasteiger partial charge in [-0.15, -0.1) is 12.4 Å². The van der Waals surface area contributed by atoms with Crippen molar-refractivity contribution in [3.05, 3.63) is 29.2 Å². The molecule has 14 heavy (non-hydrogen) atoms. The average Bonchev–Trinajstić information content (AvgIpc) is 2.49. The number of furan rings is 1. The summed E-state index contributed by atoms with van der Waals surface area (Å²) in [7, 11) is 0. The van der Waals surface area contributed by atoms with E-state index in [2.05, 4.69) is 4.98 Å². The van der Waals surface area contributed by atoms with Crippen molar-refractivity contribution in [2.75, 3.05) is 0 Å². The van der Waals surface area contributed by atoms with Gasteiger partial charge in [0.15, 0.2) is 5.58 Å². The predicted octanol–water partition coefficient (Wildman–Crippen LogP) is 2.60. The number of halogens is 2. The Morgan fingerprint density at radius 3 is 2.79 bits per heavy atom. The number of carboxylic acids is 1. The molecule has 0 aliphatic rings. The summed E-state index contributed by atoms with van der Waals surface area (Å²) in [6.45, 7) is 0. The van der Waals surface area contributed by atoms with Gasteiger partial charge in [0.05, 0.1) is 0 Å². The lowest BCUT2D eigenvalue weighted by atomic mass is 10.3. The number of fused-ring (bicyclic) bond motifs is 1. The van der Waals surface area contributed by atoms with E-state index in [1.165, 1.54) is 18.5 Å². The zero-order valence-electron chi connectivity index (χ0n) is 6.73. The van der Waals surface area contributed by atoms with Gasteiger partial charge in [0, 0.05) is 23.8 Å². The highest BCUT2D eigenvalue weighted by molar-refractivity contribution is 6.34. The molecule has 4 nitrogen and oxygen atoms in total. The molecule has 2 aromatic heterocycles. The van der Waals surface area contributed by atoms with Crippen LogP contribution in [0.3, 0.4) is 0 Å². The van der Waals surface area contributed by atoms with E-state index in [0.717, 1.165) is 0 Å². The molecular weight excluding hydrogens is 229 g/mol. The second-order valence-electron chi connectivity index (χ2n) is 2.46. The van der Waals surface area contributed by atoms with E-state index >= 15 is 0 Å². The number of rotatable bonds is 1. The lowest BCUT2D eigenvalue weighted by molar-refractivity contribution is 0.0665. The van der Waals surface area contributed by atoms with Crippen LogP contribution in [0.1, 0.15) is 10.6 Å². The first-order valence-electron chi connectivity index (χ1n) is 3.45. The Labute approximate surface area is 89.9 Å². The highest BCUT2D eigenvalue weighted by atomic mass is 35.5. The molecule has 1 N–H and O–H groups in total. The van der Waals surface area contributed by atoms with Crippen molar-refractivity contribution in [3.8, 4) is 0 Å². The Bertz CT molecular complexity index is 480. The molecule has 0 aliphatic heterocycles. The van der Waals surface area contributed by atoms with Gasteiger partial charge in [0.25, 0.3) is 0 Å². The van der Waals surface area contributed by atoms with Gasteiger partial charge in [-0.3, -0.25) is 4.98 Å². The van der Waals surface area contributed by atoms with Crippen molar-refractivity contribution in [1.82, 2.24) is 4.98 Å². The molecule has 0 bridgehead atoms. The fourth-order valence-electron chi connectivity index (χ4n) is 1.03. The molecule has 6 heteroatoms. The molecule has 74 valence electrons. The maximum absolute atomic E-state index is 10.5. The standard InChI is InChI=1S/C8H4ClNO3.ClH/c9-5-3-10-2-4-1-6(8(11)12)13-7(4)5;/h1-3H,(H,11,12);1H. The van der Waals surface area contributed by atoms with Gasteiger partial charge >= 0.3 is 5.97 Å². The van der Waals surface area contributed by atoms with E-state index in [9.17, 15) is 4.79 Å². The second kappa shape index (κ2) is 3.86. The minimum atomic E-state index is -1.12. The number of carboxylic acid groups (broad SMARTS) is 1. The van der Waals surface area contributed by atoms with Crippen LogP contribution in [0.5, 0.6) is 0 Å². The van der Waals surface area contributed by atoms with Crippen LogP contribution in [0.2, 0.25) is 5.02 Å². The monoisotopic (exact) mass is 233 g/mol. The van der Waals surface area contributed by atoms with Crippen molar-refractivity contribution in [2.24, 2.45) is 0 Å². The van der Waals surface area contributed by atoms with Crippen molar-refractivity contribution in [3.63, 3.8) is 0 Å². The molecule has 0 fully saturated rings. The number of aromatic carboxylic acids is 1. The molecule has 2 heterocycles.